The van der Waals surface area contributed by atoms with E-state index in [0.29, 0.717) is 11.5 Å². The van der Waals surface area contributed by atoms with E-state index in [1.165, 1.54) is 0 Å². The van der Waals surface area contributed by atoms with Crippen molar-refractivity contribution in [1.82, 2.24) is 4.72 Å². The van der Waals surface area contributed by atoms with Crippen LogP contribution in [0.1, 0.15) is 29.2 Å². The molecule has 0 aliphatic rings. The maximum atomic E-state index is 12.6. The third-order valence-corrected chi connectivity index (χ3v) is 5.28. The molecule has 0 saturated carbocycles. The summed E-state index contributed by atoms with van der Waals surface area (Å²) in [6.07, 6.45) is 0. The second kappa shape index (κ2) is 7.15. The summed E-state index contributed by atoms with van der Waals surface area (Å²) < 4.78 is 33.2. The van der Waals surface area contributed by atoms with Crippen LogP contribution >= 0.6 is 0 Å². The first kappa shape index (κ1) is 17.5. The van der Waals surface area contributed by atoms with Gasteiger partial charge in [-0.05, 0) is 56.5 Å². The maximum absolute atomic E-state index is 12.6. The molecule has 0 radical (unpaired) electrons. The molecule has 0 atom stereocenters. The third kappa shape index (κ3) is 4.33. The van der Waals surface area contributed by atoms with E-state index in [9.17, 15) is 8.42 Å². The second-order valence-corrected chi connectivity index (χ2v) is 7.33. The molecule has 4 nitrogen and oxygen atoms in total. The van der Waals surface area contributed by atoms with Crippen molar-refractivity contribution < 1.29 is 13.2 Å². The number of hydrogen-bond acceptors (Lipinski definition) is 3. The van der Waals surface area contributed by atoms with Crippen LogP contribution in [0.2, 0.25) is 0 Å². The number of rotatable bonds is 6. The van der Waals surface area contributed by atoms with Crippen molar-refractivity contribution in [3.8, 4) is 5.75 Å². The van der Waals surface area contributed by atoms with Gasteiger partial charge in [0.1, 0.15) is 5.75 Å². The monoisotopic (exact) mass is 333 g/mol. The summed E-state index contributed by atoms with van der Waals surface area (Å²) in [5.74, 6) is 0.782. The van der Waals surface area contributed by atoms with Crippen LogP contribution in [0.25, 0.3) is 0 Å². The fourth-order valence-electron chi connectivity index (χ4n) is 2.71. The number of nitrogens with one attached hydrogen (secondary N) is 1. The minimum Gasteiger partial charge on any atom is -0.494 e. The predicted octanol–water partition coefficient (Wildman–Crippen LogP) is 3.49. The molecule has 0 unspecified atom stereocenters. The Hall–Kier alpha value is -1.85. The molecule has 2 rings (SSSR count). The lowest BCUT2D eigenvalue weighted by Gasteiger charge is -2.13. The lowest BCUT2D eigenvalue weighted by Crippen LogP contribution is -2.25. The minimum atomic E-state index is -3.54. The highest BCUT2D eigenvalue weighted by Crippen LogP contribution is 2.22. The van der Waals surface area contributed by atoms with Gasteiger partial charge in [0.25, 0.3) is 0 Å². The lowest BCUT2D eigenvalue weighted by atomic mass is 10.1. The van der Waals surface area contributed by atoms with E-state index < -0.39 is 10.0 Å². The molecule has 0 heterocycles. The van der Waals surface area contributed by atoms with E-state index in [-0.39, 0.29) is 6.54 Å². The van der Waals surface area contributed by atoms with Gasteiger partial charge in [0.05, 0.1) is 11.5 Å². The van der Waals surface area contributed by atoms with Crippen LogP contribution in [0.3, 0.4) is 0 Å². The summed E-state index contributed by atoms with van der Waals surface area (Å²) in [6, 6.07) is 11.2. The van der Waals surface area contributed by atoms with Crippen LogP contribution in [0.15, 0.2) is 41.3 Å². The van der Waals surface area contributed by atoms with Gasteiger partial charge in [0, 0.05) is 6.54 Å². The van der Waals surface area contributed by atoms with E-state index >= 15 is 0 Å². The fraction of sp³-hybridized carbons (Fsp3) is 0.333. The summed E-state index contributed by atoms with van der Waals surface area (Å²) in [5.41, 5.74) is 3.48. The summed E-state index contributed by atoms with van der Waals surface area (Å²) in [7, 11) is -3.54. The smallest absolute Gasteiger partial charge is 0.241 e. The van der Waals surface area contributed by atoms with Crippen molar-refractivity contribution in [2.45, 2.75) is 39.1 Å². The molecule has 0 amide bonds. The number of hydrogen-bond donors (Lipinski definition) is 1. The van der Waals surface area contributed by atoms with E-state index in [2.05, 4.69) is 4.72 Å². The van der Waals surface area contributed by atoms with Crippen LogP contribution in [-0.2, 0) is 16.6 Å². The first-order valence-corrected chi connectivity index (χ1v) is 9.11. The van der Waals surface area contributed by atoms with Crippen LogP contribution in [-0.4, -0.2) is 15.0 Å². The molecular weight excluding hydrogens is 310 g/mol. The van der Waals surface area contributed by atoms with Crippen LogP contribution in [0, 0.1) is 20.8 Å². The van der Waals surface area contributed by atoms with E-state index in [1.807, 2.05) is 64.1 Å². The first-order valence-electron chi connectivity index (χ1n) is 7.62. The van der Waals surface area contributed by atoms with Crippen LogP contribution in [0.5, 0.6) is 5.75 Å². The molecule has 0 saturated heterocycles. The normalized spacial score (nSPS) is 11.5. The maximum Gasteiger partial charge on any atom is 0.241 e. The number of benzene rings is 2. The van der Waals surface area contributed by atoms with Crippen LogP contribution in [0.4, 0.5) is 0 Å². The Bertz CT molecular complexity index is 757. The van der Waals surface area contributed by atoms with Gasteiger partial charge < -0.3 is 4.74 Å². The van der Waals surface area contributed by atoms with E-state index in [0.717, 1.165) is 28.0 Å². The standard InChI is InChI=1S/C18H23NO3S/c1-5-22-17-8-6-16(7-9-17)12-19-23(20,21)18-14(3)10-13(2)11-15(18)4/h6-11,19H,5,12H2,1-4H3. The van der Waals surface area contributed by atoms with Crippen molar-refractivity contribution in [2.75, 3.05) is 6.61 Å². The summed E-state index contributed by atoms with van der Waals surface area (Å²) in [4.78, 5) is 0.369. The highest BCUT2D eigenvalue weighted by atomic mass is 32.2. The Labute approximate surface area is 138 Å². The molecule has 2 aromatic rings. The average molecular weight is 333 g/mol. The third-order valence-electron chi connectivity index (χ3n) is 3.57. The highest BCUT2D eigenvalue weighted by molar-refractivity contribution is 7.89. The number of ether oxygens (including phenoxy) is 1. The zero-order chi connectivity index (χ0) is 17.0. The van der Waals surface area contributed by atoms with Crippen LogP contribution < -0.4 is 9.46 Å². The van der Waals surface area contributed by atoms with Gasteiger partial charge in [-0.25, -0.2) is 13.1 Å². The van der Waals surface area contributed by atoms with Gasteiger partial charge in [0.15, 0.2) is 0 Å². The zero-order valence-corrected chi connectivity index (χ0v) is 14.8. The molecule has 0 fully saturated rings. The highest BCUT2D eigenvalue weighted by Gasteiger charge is 2.19. The molecule has 0 aliphatic carbocycles. The lowest BCUT2D eigenvalue weighted by molar-refractivity contribution is 0.340. The molecule has 0 aromatic heterocycles. The van der Waals surface area contributed by atoms with Crippen molar-refractivity contribution in [1.29, 1.82) is 0 Å². The van der Waals surface area contributed by atoms with E-state index in [1.54, 1.807) is 0 Å². The van der Waals surface area contributed by atoms with Crippen molar-refractivity contribution in [3.63, 3.8) is 0 Å². The summed E-state index contributed by atoms with van der Waals surface area (Å²) in [5, 5.41) is 0. The predicted molar refractivity (Wildman–Crippen MR) is 92.3 cm³/mol. The Morgan fingerprint density at radius 2 is 1.57 bits per heavy atom. The first-order chi connectivity index (χ1) is 10.8. The molecule has 124 valence electrons. The van der Waals surface area contributed by atoms with Gasteiger partial charge >= 0.3 is 0 Å². The SMILES string of the molecule is CCOc1ccc(CNS(=O)(=O)c2c(C)cc(C)cc2C)cc1. The Kier molecular flexibility index (Phi) is 5.44. The Morgan fingerprint density at radius 1 is 1.00 bits per heavy atom. The van der Waals surface area contributed by atoms with Crippen molar-refractivity contribution in [3.05, 3.63) is 58.7 Å². The quantitative estimate of drug-likeness (QED) is 0.880. The summed E-state index contributed by atoms with van der Waals surface area (Å²) in [6.45, 7) is 8.40. The van der Waals surface area contributed by atoms with Crippen molar-refractivity contribution >= 4 is 10.0 Å². The zero-order valence-electron chi connectivity index (χ0n) is 14.0. The molecule has 0 bridgehead atoms. The largest absolute Gasteiger partial charge is 0.494 e. The Morgan fingerprint density at radius 3 is 2.09 bits per heavy atom. The van der Waals surface area contributed by atoms with E-state index in [4.69, 9.17) is 4.74 Å². The van der Waals surface area contributed by atoms with Gasteiger partial charge in [0.2, 0.25) is 10.0 Å². The topological polar surface area (TPSA) is 55.4 Å². The number of aryl methyl sites for hydroxylation is 3. The molecule has 23 heavy (non-hydrogen) atoms. The summed E-state index contributed by atoms with van der Waals surface area (Å²) >= 11 is 0. The molecule has 2 aromatic carbocycles. The second-order valence-electron chi connectivity index (χ2n) is 5.63. The molecule has 0 aliphatic heterocycles. The molecule has 5 heteroatoms. The molecule has 1 N–H and O–H groups in total. The average Bonchev–Trinajstić information content (AvgIpc) is 2.45. The fourth-order valence-corrected chi connectivity index (χ4v) is 4.18. The van der Waals surface area contributed by atoms with Crippen molar-refractivity contribution in [2.24, 2.45) is 0 Å². The molecular formula is C18H23NO3S. The van der Waals surface area contributed by atoms with Gasteiger partial charge in [-0.2, -0.15) is 0 Å². The van der Waals surface area contributed by atoms with Gasteiger partial charge in [-0.15, -0.1) is 0 Å². The van der Waals surface area contributed by atoms with Gasteiger partial charge in [-0.1, -0.05) is 29.8 Å². The number of sulfonamides is 1. The van der Waals surface area contributed by atoms with Gasteiger partial charge in [-0.3, -0.25) is 0 Å². The minimum absolute atomic E-state index is 0.251. The molecule has 0 spiro atoms. The Balaban J connectivity index is 2.16.